The van der Waals surface area contributed by atoms with Crippen LogP contribution >= 0.6 is 15.9 Å². The number of carbonyl (C=O) groups is 1. The topological polar surface area (TPSA) is 75.3 Å². The van der Waals surface area contributed by atoms with Crippen LogP contribution in [0.5, 0.6) is 28.7 Å². The van der Waals surface area contributed by atoms with Crippen LogP contribution in [0.25, 0.3) is 12.2 Å². The number of hydrogen-bond donors (Lipinski definition) is 1. The zero-order valence-electron chi connectivity index (χ0n) is 18.7. The fraction of sp³-hybridized carbons (Fsp3) is 0.160. The zero-order valence-corrected chi connectivity index (χ0v) is 20.3. The van der Waals surface area contributed by atoms with Crippen LogP contribution in [0.4, 0.5) is 10.5 Å². The molecule has 0 spiro atoms. The smallest absolute Gasteiger partial charge is 0.417 e. The molecule has 33 heavy (non-hydrogen) atoms. The zero-order chi connectivity index (χ0) is 23.8. The maximum absolute atomic E-state index is 12.4. The summed E-state index contributed by atoms with van der Waals surface area (Å²) in [5.74, 6) is 2.56. The minimum absolute atomic E-state index is 0.410. The number of anilines is 1. The monoisotopic (exact) mass is 513 g/mol. The predicted octanol–water partition coefficient (Wildman–Crippen LogP) is 6.26. The average Bonchev–Trinajstić information content (AvgIpc) is 2.83. The molecule has 0 unspecified atom stereocenters. The molecule has 172 valence electrons. The summed E-state index contributed by atoms with van der Waals surface area (Å²) in [5, 5.41) is 2.73. The summed E-state index contributed by atoms with van der Waals surface area (Å²) in [6, 6.07) is 16.2. The van der Waals surface area contributed by atoms with Gasteiger partial charge in [-0.15, -0.1) is 0 Å². The highest BCUT2D eigenvalue weighted by atomic mass is 79.9. The lowest BCUT2D eigenvalue weighted by atomic mass is 10.1. The van der Waals surface area contributed by atoms with E-state index in [1.54, 1.807) is 51.7 Å². The number of hydrogen-bond acceptors (Lipinski definition) is 6. The molecule has 1 amide bonds. The first-order valence-electron chi connectivity index (χ1n) is 9.88. The summed E-state index contributed by atoms with van der Waals surface area (Å²) in [7, 11) is 6.23. The van der Waals surface area contributed by atoms with Crippen molar-refractivity contribution in [3.8, 4) is 28.7 Å². The van der Waals surface area contributed by atoms with E-state index in [0.29, 0.717) is 38.9 Å². The minimum atomic E-state index is -0.633. The Morgan fingerprint density at radius 2 is 1.39 bits per heavy atom. The summed E-state index contributed by atoms with van der Waals surface area (Å²) in [6.07, 6.45) is 3.16. The summed E-state index contributed by atoms with van der Waals surface area (Å²) in [5.41, 5.74) is 2.16. The van der Waals surface area contributed by atoms with Crippen molar-refractivity contribution in [2.45, 2.75) is 0 Å². The second kappa shape index (κ2) is 11.3. The predicted molar refractivity (Wildman–Crippen MR) is 132 cm³/mol. The first-order chi connectivity index (χ1) is 16.0. The van der Waals surface area contributed by atoms with Gasteiger partial charge in [0.2, 0.25) is 5.75 Å². The van der Waals surface area contributed by atoms with E-state index in [1.807, 2.05) is 36.4 Å². The average molecular weight is 514 g/mol. The Hall–Kier alpha value is -3.65. The van der Waals surface area contributed by atoms with Crippen molar-refractivity contribution in [1.82, 2.24) is 0 Å². The molecule has 0 saturated carbocycles. The van der Waals surface area contributed by atoms with Gasteiger partial charge < -0.3 is 23.7 Å². The van der Waals surface area contributed by atoms with Gasteiger partial charge in [-0.2, -0.15) is 0 Å². The summed E-state index contributed by atoms with van der Waals surface area (Å²) < 4.78 is 27.6. The van der Waals surface area contributed by atoms with Crippen LogP contribution in [0.1, 0.15) is 11.1 Å². The van der Waals surface area contributed by atoms with Gasteiger partial charge in [0.1, 0.15) is 11.5 Å². The number of ether oxygens (including phenoxy) is 5. The number of nitrogens with one attached hydrogen (secondary N) is 1. The molecular formula is C25H24BrNO6. The molecule has 0 aliphatic carbocycles. The van der Waals surface area contributed by atoms with E-state index in [4.69, 9.17) is 23.7 Å². The van der Waals surface area contributed by atoms with E-state index in [0.717, 1.165) is 11.1 Å². The summed E-state index contributed by atoms with van der Waals surface area (Å²) >= 11 is 3.36. The summed E-state index contributed by atoms with van der Waals surface area (Å²) in [6.45, 7) is 0. The Morgan fingerprint density at radius 1 is 0.758 bits per heavy atom. The molecule has 0 atom stereocenters. The molecule has 1 N–H and O–H groups in total. The quantitative estimate of drug-likeness (QED) is 0.358. The van der Waals surface area contributed by atoms with Gasteiger partial charge in [-0.05, 0) is 63.5 Å². The first kappa shape index (κ1) is 24.0. The molecule has 0 saturated heterocycles. The second-order valence-electron chi connectivity index (χ2n) is 6.70. The molecule has 8 heteroatoms. The van der Waals surface area contributed by atoms with Crippen molar-refractivity contribution in [3.63, 3.8) is 0 Å². The third kappa shape index (κ3) is 5.98. The molecule has 0 aliphatic rings. The Balaban J connectivity index is 1.83. The van der Waals surface area contributed by atoms with Crippen LogP contribution in [-0.2, 0) is 0 Å². The van der Waals surface area contributed by atoms with Gasteiger partial charge in [0.25, 0.3) is 0 Å². The maximum Gasteiger partial charge on any atom is 0.417 e. The number of rotatable bonds is 8. The van der Waals surface area contributed by atoms with Crippen LogP contribution < -0.4 is 29.0 Å². The van der Waals surface area contributed by atoms with Crippen LogP contribution in [0.15, 0.2) is 59.1 Å². The van der Waals surface area contributed by atoms with E-state index in [9.17, 15) is 4.79 Å². The highest BCUT2D eigenvalue weighted by Gasteiger charge is 2.13. The second-order valence-corrected chi connectivity index (χ2v) is 7.55. The number of amides is 1. The van der Waals surface area contributed by atoms with Gasteiger partial charge in [0.05, 0.1) is 38.6 Å². The van der Waals surface area contributed by atoms with Gasteiger partial charge in [-0.3, -0.25) is 5.32 Å². The number of benzene rings is 3. The van der Waals surface area contributed by atoms with Crippen molar-refractivity contribution in [3.05, 3.63) is 70.2 Å². The molecule has 0 aliphatic heterocycles. The van der Waals surface area contributed by atoms with Crippen molar-refractivity contribution >= 4 is 39.9 Å². The largest absolute Gasteiger partial charge is 0.495 e. The Labute approximate surface area is 201 Å². The van der Waals surface area contributed by atoms with E-state index in [2.05, 4.69) is 21.2 Å². The van der Waals surface area contributed by atoms with E-state index in [1.165, 1.54) is 7.11 Å². The fourth-order valence-electron chi connectivity index (χ4n) is 3.08. The third-order valence-corrected chi connectivity index (χ3v) is 5.31. The molecular weight excluding hydrogens is 490 g/mol. The standard InChI is InChI=1S/C25H24BrNO6/c1-29-21-12-11-16(9-10-17-14-22(30-2)24(32-4)23(15-17)31-3)13-19(21)27-25(28)33-20-8-6-5-7-18(20)26/h5-15H,1-4H3,(H,27,28)/b10-9-. The molecule has 0 heterocycles. The van der Waals surface area contributed by atoms with Gasteiger partial charge in [-0.25, -0.2) is 4.79 Å². The number of carbonyl (C=O) groups excluding carboxylic acids is 1. The van der Waals surface area contributed by atoms with Crippen molar-refractivity contribution < 1.29 is 28.5 Å². The lowest BCUT2D eigenvalue weighted by Gasteiger charge is -2.13. The van der Waals surface area contributed by atoms with E-state index < -0.39 is 6.09 Å². The van der Waals surface area contributed by atoms with Crippen LogP contribution in [0.3, 0.4) is 0 Å². The molecule has 7 nitrogen and oxygen atoms in total. The molecule has 0 radical (unpaired) electrons. The Kier molecular flexibility index (Phi) is 8.21. The molecule has 0 fully saturated rings. The van der Waals surface area contributed by atoms with Crippen molar-refractivity contribution in [2.24, 2.45) is 0 Å². The van der Waals surface area contributed by atoms with Crippen molar-refractivity contribution in [2.75, 3.05) is 33.8 Å². The molecule has 3 aromatic carbocycles. The molecule has 3 rings (SSSR count). The van der Waals surface area contributed by atoms with Crippen LogP contribution in [0.2, 0.25) is 0 Å². The normalized spacial score (nSPS) is 10.6. The molecule has 0 bridgehead atoms. The maximum atomic E-state index is 12.4. The highest BCUT2D eigenvalue weighted by molar-refractivity contribution is 9.10. The highest BCUT2D eigenvalue weighted by Crippen LogP contribution is 2.38. The number of halogens is 1. The van der Waals surface area contributed by atoms with Crippen LogP contribution in [0, 0.1) is 0 Å². The lowest BCUT2D eigenvalue weighted by Crippen LogP contribution is -2.17. The molecule has 0 aromatic heterocycles. The number of methoxy groups -OCH3 is 4. The fourth-order valence-corrected chi connectivity index (χ4v) is 3.45. The summed E-state index contributed by atoms with van der Waals surface area (Å²) in [4.78, 5) is 12.4. The Bertz CT molecular complexity index is 1140. The Morgan fingerprint density at radius 3 is 2.00 bits per heavy atom. The van der Waals surface area contributed by atoms with Gasteiger partial charge >= 0.3 is 6.09 Å². The minimum Gasteiger partial charge on any atom is -0.495 e. The third-order valence-electron chi connectivity index (χ3n) is 4.65. The lowest BCUT2D eigenvalue weighted by molar-refractivity contribution is 0.214. The van der Waals surface area contributed by atoms with E-state index >= 15 is 0 Å². The van der Waals surface area contributed by atoms with Crippen molar-refractivity contribution in [1.29, 1.82) is 0 Å². The van der Waals surface area contributed by atoms with Gasteiger partial charge in [-0.1, -0.05) is 30.4 Å². The first-order valence-corrected chi connectivity index (χ1v) is 10.7. The SMILES string of the molecule is COc1ccc(/C=C\c2cc(OC)c(OC)c(OC)c2)cc1NC(=O)Oc1ccccc1Br. The molecule has 3 aromatic rings. The number of para-hydroxylation sites is 1. The van der Waals surface area contributed by atoms with Crippen LogP contribution in [-0.4, -0.2) is 34.5 Å². The van der Waals surface area contributed by atoms with E-state index in [-0.39, 0.29) is 0 Å². The van der Waals surface area contributed by atoms with Gasteiger partial charge in [0.15, 0.2) is 11.5 Å². The van der Waals surface area contributed by atoms with Gasteiger partial charge in [0, 0.05) is 0 Å².